The monoisotopic (exact) mass is 218 g/mol. The number of hydrogen-bond donors (Lipinski definition) is 1. The number of aryl methyl sites for hydroxylation is 1. The Balaban J connectivity index is 1.92. The molecule has 0 bridgehead atoms. The van der Waals surface area contributed by atoms with Gasteiger partial charge in [0.15, 0.2) is 0 Å². The van der Waals surface area contributed by atoms with Gasteiger partial charge in [-0.2, -0.15) is 0 Å². The fourth-order valence-corrected chi connectivity index (χ4v) is 2.56. The lowest BCUT2D eigenvalue weighted by molar-refractivity contribution is 0.0851. The van der Waals surface area contributed by atoms with Crippen LogP contribution in [0.2, 0.25) is 0 Å². The predicted octanol–water partition coefficient (Wildman–Crippen LogP) is 2.08. The van der Waals surface area contributed by atoms with Crippen LogP contribution >= 0.6 is 0 Å². The maximum Gasteiger partial charge on any atom is 0.106 e. The minimum Gasteiger partial charge on any atom is -0.295 e. The Morgan fingerprint density at radius 1 is 1.25 bits per heavy atom. The predicted molar refractivity (Wildman–Crippen MR) is 64.2 cm³/mol. The zero-order valence-electron chi connectivity index (χ0n) is 9.48. The lowest BCUT2D eigenvalue weighted by atomic mass is 10.1. The molecule has 1 aromatic carbocycles. The largest absolute Gasteiger partial charge is 0.295 e. The van der Waals surface area contributed by atoms with Gasteiger partial charge in [-0.1, -0.05) is 18.2 Å². The molecule has 86 valence electrons. The molecule has 1 aromatic rings. The van der Waals surface area contributed by atoms with E-state index in [0.717, 1.165) is 26.0 Å². The van der Waals surface area contributed by atoms with Crippen LogP contribution in [0.15, 0.2) is 24.3 Å². The van der Waals surface area contributed by atoms with Crippen LogP contribution in [0.1, 0.15) is 24.8 Å². The molecule has 0 radical (unpaired) electrons. The molecule has 1 fully saturated rings. The summed E-state index contributed by atoms with van der Waals surface area (Å²) in [4.78, 5) is 5.88. The summed E-state index contributed by atoms with van der Waals surface area (Å²) in [5.74, 6) is 0. The Morgan fingerprint density at radius 3 is 3.06 bits per heavy atom. The Bertz CT molecular complexity index is 361. The van der Waals surface area contributed by atoms with Gasteiger partial charge in [-0.25, -0.2) is 5.06 Å². The van der Waals surface area contributed by atoms with Crippen molar-refractivity contribution in [3.63, 3.8) is 0 Å². The van der Waals surface area contributed by atoms with Crippen molar-refractivity contribution in [3.8, 4) is 0 Å². The summed E-state index contributed by atoms with van der Waals surface area (Å²) in [7, 11) is 0. The number of fused-ring (bicyclic) bond motifs is 1. The summed E-state index contributed by atoms with van der Waals surface area (Å²) in [6.07, 6.45) is 5.01. The van der Waals surface area contributed by atoms with Crippen molar-refractivity contribution >= 4 is 5.69 Å². The summed E-state index contributed by atoms with van der Waals surface area (Å²) >= 11 is 0. The van der Waals surface area contributed by atoms with Crippen LogP contribution in [0.3, 0.4) is 0 Å². The molecule has 0 amide bonds. The van der Waals surface area contributed by atoms with Crippen molar-refractivity contribution in [2.45, 2.75) is 31.8 Å². The van der Waals surface area contributed by atoms with Crippen LogP contribution in [0.5, 0.6) is 0 Å². The number of hydroxylamine groups is 1. The van der Waals surface area contributed by atoms with E-state index in [2.05, 4.69) is 34.6 Å². The molecule has 2 aliphatic rings. The van der Waals surface area contributed by atoms with Gasteiger partial charge < -0.3 is 0 Å². The molecule has 0 aromatic heterocycles. The van der Waals surface area contributed by atoms with Crippen molar-refractivity contribution in [2.24, 2.45) is 0 Å². The molecule has 1 N–H and O–H groups in total. The van der Waals surface area contributed by atoms with Gasteiger partial charge in [-0.15, -0.1) is 0 Å². The first-order valence-corrected chi connectivity index (χ1v) is 6.18. The van der Waals surface area contributed by atoms with Gasteiger partial charge >= 0.3 is 0 Å². The molecular weight excluding hydrogens is 200 g/mol. The van der Waals surface area contributed by atoms with Crippen molar-refractivity contribution in [3.05, 3.63) is 29.8 Å². The quantitative estimate of drug-likeness (QED) is 0.781. The van der Waals surface area contributed by atoms with E-state index in [4.69, 9.17) is 4.84 Å². The number of para-hydroxylation sites is 1. The van der Waals surface area contributed by atoms with Crippen molar-refractivity contribution in [1.29, 1.82) is 0 Å². The molecule has 2 heterocycles. The first-order chi connectivity index (χ1) is 7.95. The average molecular weight is 218 g/mol. The van der Waals surface area contributed by atoms with Crippen LogP contribution in [0.4, 0.5) is 5.69 Å². The second-order valence-electron chi connectivity index (χ2n) is 4.50. The van der Waals surface area contributed by atoms with Gasteiger partial charge in [-0.05, 0) is 43.9 Å². The SMILES string of the molecule is c1ccc2c(c1)CCCON2C1CCCN1. The van der Waals surface area contributed by atoms with Crippen LogP contribution in [-0.4, -0.2) is 19.3 Å². The molecule has 16 heavy (non-hydrogen) atoms. The normalized spacial score (nSPS) is 25.2. The number of rotatable bonds is 1. The molecule has 1 atom stereocenters. The van der Waals surface area contributed by atoms with Gasteiger partial charge in [0.25, 0.3) is 0 Å². The fourth-order valence-electron chi connectivity index (χ4n) is 2.56. The van der Waals surface area contributed by atoms with E-state index in [0.29, 0.717) is 6.17 Å². The summed E-state index contributed by atoms with van der Waals surface area (Å²) in [5, 5.41) is 5.59. The number of nitrogens with zero attached hydrogens (tertiary/aromatic N) is 1. The van der Waals surface area contributed by atoms with Crippen molar-refractivity contribution < 1.29 is 4.84 Å². The molecule has 3 rings (SSSR count). The number of anilines is 1. The molecule has 1 unspecified atom stereocenters. The highest BCUT2D eigenvalue weighted by atomic mass is 16.7. The molecule has 3 nitrogen and oxygen atoms in total. The number of benzene rings is 1. The highest BCUT2D eigenvalue weighted by Gasteiger charge is 2.26. The maximum atomic E-state index is 5.88. The zero-order valence-corrected chi connectivity index (χ0v) is 9.48. The number of nitrogens with one attached hydrogen (secondary N) is 1. The van der Waals surface area contributed by atoms with E-state index >= 15 is 0 Å². The molecular formula is C13H18N2O. The summed E-state index contributed by atoms with van der Waals surface area (Å²) in [6.45, 7) is 1.93. The Morgan fingerprint density at radius 2 is 2.19 bits per heavy atom. The average Bonchev–Trinajstić information content (AvgIpc) is 2.76. The molecule has 1 saturated heterocycles. The molecule has 0 spiro atoms. The van der Waals surface area contributed by atoms with Gasteiger partial charge in [0.05, 0.1) is 12.3 Å². The van der Waals surface area contributed by atoms with Crippen LogP contribution in [0.25, 0.3) is 0 Å². The third-order valence-electron chi connectivity index (χ3n) is 3.37. The Hall–Kier alpha value is -1.06. The van der Waals surface area contributed by atoms with Gasteiger partial charge in [0.2, 0.25) is 0 Å². The van der Waals surface area contributed by atoms with Gasteiger partial charge in [0, 0.05) is 0 Å². The summed E-state index contributed by atoms with van der Waals surface area (Å²) < 4.78 is 0. The minimum atomic E-state index is 0.360. The highest BCUT2D eigenvalue weighted by Crippen LogP contribution is 2.28. The number of hydrogen-bond acceptors (Lipinski definition) is 3. The third-order valence-corrected chi connectivity index (χ3v) is 3.37. The first-order valence-electron chi connectivity index (χ1n) is 6.18. The van der Waals surface area contributed by atoms with Gasteiger partial charge in [0.1, 0.15) is 6.17 Å². The summed E-state index contributed by atoms with van der Waals surface area (Å²) in [6, 6.07) is 8.59. The van der Waals surface area contributed by atoms with E-state index in [1.165, 1.54) is 24.1 Å². The zero-order chi connectivity index (χ0) is 10.8. The molecule has 0 aliphatic carbocycles. The lowest BCUT2D eigenvalue weighted by Gasteiger charge is -2.29. The third kappa shape index (κ3) is 1.81. The van der Waals surface area contributed by atoms with Crippen LogP contribution in [-0.2, 0) is 11.3 Å². The summed E-state index contributed by atoms with van der Waals surface area (Å²) in [5.41, 5.74) is 2.66. The van der Waals surface area contributed by atoms with E-state index in [1.807, 2.05) is 0 Å². The van der Waals surface area contributed by atoms with Crippen molar-refractivity contribution in [1.82, 2.24) is 5.32 Å². The van der Waals surface area contributed by atoms with Crippen LogP contribution in [0, 0.1) is 0 Å². The molecule has 2 aliphatic heterocycles. The van der Waals surface area contributed by atoms with Crippen LogP contribution < -0.4 is 10.4 Å². The lowest BCUT2D eigenvalue weighted by Crippen LogP contribution is -2.42. The molecule has 0 saturated carbocycles. The van der Waals surface area contributed by atoms with Gasteiger partial charge in [-0.3, -0.25) is 10.2 Å². The topological polar surface area (TPSA) is 24.5 Å². The van der Waals surface area contributed by atoms with Crippen molar-refractivity contribution in [2.75, 3.05) is 18.2 Å². The van der Waals surface area contributed by atoms with E-state index < -0.39 is 0 Å². The Kier molecular flexibility index (Phi) is 2.80. The highest BCUT2D eigenvalue weighted by molar-refractivity contribution is 5.53. The Labute approximate surface area is 96.4 Å². The second kappa shape index (κ2) is 4.44. The second-order valence-corrected chi connectivity index (χ2v) is 4.50. The fraction of sp³-hybridized carbons (Fsp3) is 0.538. The smallest absolute Gasteiger partial charge is 0.106 e. The maximum absolute atomic E-state index is 5.88. The van der Waals surface area contributed by atoms with E-state index in [9.17, 15) is 0 Å². The first kappa shape index (κ1) is 10.1. The molecule has 3 heteroatoms. The van der Waals surface area contributed by atoms with E-state index in [-0.39, 0.29) is 0 Å². The minimum absolute atomic E-state index is 0.360. The standard InChI is InChI=1S/C13H18N2O/c1-2-7-12-11(5-1)6-4-10-16-15(12)13-8-3-9-14-13/h1-2,5,7,13-14H,3-4,6,8-10H2. The van der Waals surface area contributed by atoms with E-state index in [1.54, 1.807) is 0 Å².